The number of aromatic nitrogens is 3. The summed E-state index contributed by atoms with van der Waals surface area (Å²) in [6, 6.07) is 4.08. The minimum atomic E-state index is -1.04. The first-order valence-corrected chi connectivity index (χ1v) is 4.97. The predicted octanol–water partition coefficient (Wildman–Crippen LogP) is 1.96. The smallest absolute Gasteiger partial charge is 0.354 e. The molecule has 6 heteroatoms. The van der Waals surface area contributed by atoms with E-state index < -0.39 is 11.8 Å². The van der Waals surface area contributed by atoms with Gasteiger partial charge in [-0.15, -0.1) is 0 Å². The van der Waals surface area contributed by atoms with Crippen molar-refractivity contribution in [2.45, 2.75) is 6.92 Å². The van der Waals surface area contributed by atoms with Crippen LogP contribution in [-0.2, 0) is 0 Å². The van der Waals surface area contributed by atoms with E-state index in [4.69, 9.17) is 5.11 Å². The third kappa shape index (κ3) is 1.24. The van der Waals surface area contributed by atoms with Crippen molar-refractivity contribution < 1.29 is 14.3 Å². The van der Waals surface area contributed by atoms with E-state index >= 15 is 0 Å². The van der Waals surface area contributed by atoms with Gasteiger partial charge in [-0.1, -0.05) is 0 Å². The molecule has 3 aromatic rings. The summed E-state index contributed by atoms with van der Waals surface area (Å²) in [6.45, 7) is 1.66. The molecule has 3 rings (SSSR count). The Balaban J connectivity index is 2.52. The maximum atomic E-state index is 13.0. The number of aromatic amines is 1. The highest BCUT2D eigenvalue weighted by atomic mass is 19.1. The molecule has 2 heterocycles. The van der Waals surface area contributed by atoms with Crippen LogP contribution in [0.5, 0.6) is 0 Å². The van der Waals surface area contributed by atoms with Gasteiger partial charge in [-0.2, -0.15) is 0 Å². The third-order valence-electron chi connectivity index (χ3n) is 2.70. The number of aryl methyl sites for hydroxylation is 1. The zero-order chi connectivity index (χ0) is 12.2. The molecule has 86 valence electrons. The first-order valence-electron chi connectivity index (χ1n) is 4.97. The minimum Gasteiger partial charge on any atom is -0.477 e. The van der Waals surface area contributed by atoms with Gasteiger partial charge in [0.05, 0.1) is 11.0 Å². The number of carbonyl (C=O) groups is 1. The molecule has 0 saturated heterocycles. The predicted molar refractivity (Wildman–Crippen MR) is 58.7 cm³/mol. The summed E-state index contributed by atoms with van der Waals surface area (Å²) >= 11 is 0. The van der Waals surface area contributed by atoms with Gasteiger partial charge in [-0.25, -0.2) is 14.2 Å². The standard InChI is InChI=1S/C11H8FN3O2/c1-5-9(10(16)17)15-8-3-2-6(12)4-7(8)14-11(15)13-5/h2-4H,1H3,(H,13,14)(H,16,17). The van der Waals surface area contributed by atoms with Crippen molar-refractivity contribution >= 4 is 22.8 Å². The van der Waals surface area contributed by atoms with Gasteiger partial charge in [-0.3, -0.25) is 4.40 Å². The number of rotatable bonds is 1. The van der Waals surface area contributed by atoms with E-state index in [0.29, 0.717) is 22.5 Å². The van der Waals surface area contributed by atoms with E-state index in [0.717, 1.165) is 0 Å². The molecule has 0 aliphatic carbocycles. The summed E-state index contributed by atoms with van der Waals surface area (Å²) in [6.07, 6.45) is 0. The summed E-state index contributed by atoms with van der Waals surface area (Å²) in [5.41, 5.74) is 1.64. The number of nitrogens with zero attached hydrogens (tertiary/aromatic N) is 2. The number of fused-ring (bicyclic) bond motifs is 3. The van der Waals surface area contributed by atoms with E-state index in [1.54, 1.807) is 6.92 Å². The molecule has 2 aromatic heterocycles. The molecule has 0 atom stereocenters. The Morgan fingerprint density at radius 2 is 2.29 bits per heavy atom. The highest BCUT2D eigenvalue weighted by Crippen LogP contribution is 2.21. The van der Waals surface area contributed by atoms with Crippen LogP contribution in [0.1, 0.15) is 16.2 Å². The van der Waals surface area contributed by atoms with Crippen molar-refractivity contribution in [3.63, 3.8) is 0 Å². The van der Waals surface area contributed by atoms with Crippen molar-refractivity contribution in [3.05, 3.63) is 35.4 Å². The fourth-order valence-electron chi connectivity index (χ4n) is 2.01. The van der Waals surface area contributed by atoms with E-state index in [2.05, 4.69) is 9.97 Å². The highest BCUT2D eigenvalue weighted by molar-refractivity contribution is 5.92. The second-order valence-electron chi connectivity index (χ2n) is 3.81. The van der Waals surface area contributed by atoms with Crippen LogP contribution in [0.25, 0.3) is 16.8 Å². The number of H-pyrrole nitrogens is 1. The van der Waals surface area contributed by atoms with Crippen LogP contribution in [0.2, 0.25) is 0 Å². The summed E-state index contributed by atoms with van der Waals surface area (Å²) < 4.78 is 14.5. The molecular weight excluding hydrogens is 225 g/mol. The maximum Gasteiger partial charge on any atom is 0.354 e. The quantitative estimate of drug-likeness (QED) is 0.675. The van der Waals surface area contributed by atoms with E-state index in [9.17, 15) is 9.18 Å². The Hall–Kier alpha value is -2.37. The summed E-state index contributed by atoms with van der Waals surface area (Å²) in [7, 11) is 0. The second kappa shape index (κ2) is 3.07. The van der Waals surface area contributed by atoms with Crippen molar-refractivity contribution in [1.82, 2.24) is 14.4 Å². The lowest BCUT2D eigenvalue weighted by molar-refractivity contribution is 0.0689. The van der Waals surface area contributed by atoms with E-state index in [-0.39, 0.29) is 5.69 Å². The molecule has 17 heavy (non-hydrogen) atoms. The number of hydrogen-bond donors (Lipinski definition) is 2. The van der Waals surface area contributed by atoms with E-state index in [1.807, 2.05) is 0 Å². The molecule has 0 amide bonds. The average Bonchev–Trinajstić information content (AvgIpc) is 2.70. The largest absolute Gasteiger partial charge is 0.477 e. The molecule has 0 aliphatic heterocycles. The molecule has 0 fully saturated rings. The van der Waals surface area contributed by atoms with Crippen molar-refractivity contribution in [1.29, 1.82) is 0 Å². The lowest BCUT2D eigenvalue weighted by Crippen LogP contribution is -2.02. The number of hydrogen-bond acceptors (Lipinski definition) is 2. The molecule has 0 saturated carbocycles. The second-order valence-corrected chi connectivity index (χ2v) is 3.81. The zero-order valence-corrected chi connectivity index (χ0v) is 8.86. The zero-order valence-electron chi connectivity index (χ0n) is 8.86. The van der Waals surface area contributed by atoms with Crippen molar-refractivity contribution in [2.75, 3.05) is 0 Å². The number of nitrogens with one attached hydrogen (secondary N) is 1. The van der Waals surface area contributed by atoms with Crippen LogP contribution in [0.4, 0.5) is 4.39 Å². The monoisotopic (exact) mass is 233 g/mol. The average molecular weight is 233 g/mol. The molecule has 0 aliphatic rings. The van der Waals surface area contributed by atoms with Crippen molar-refractivity contribution in [3.8, 4) is 0 Å². The van der Waals surface area contributed by atoms with Gasteiger partial charge in [0, 0.05) is 11.8 Å². The Morgan fingerprint density at radius 3 is 3.00 bits per heavy atom. The van der Waals surface area contributed by atoms with Crippen LogP contribution in [0, 0.1) is 12.7 Å². The molecule has 0 unspecified atom stereocenters. The summed E-state index contributed by atoms with van der Waals surface area (Å²) in [5, 5.41) is 9.14. The number of carboxylic acid groups (broad SMARTS) is 1. The molecule has 0 spiro atoms. The minimum absolute atomic E-state index is 0.120. The van der Waals surface area contributed by atoms with Gasteiger partial charge in [0.2, 0.25) is 5.78 Å². The first kappa shape index (κ1) is 9.83. The highest BCUT2D eigenvalue weighted by Gasteiger charge is 2.18. The molecule has 0 bridgehead atoms. The van der Waals surface area contributed by atoms with Crippen LogP contribution in [0.15, 0.2) is 18.2 Å². The number of imidazole rings is 2. The lowest BCUT2D eigenvalue weighted by Gasteiger charge is -1.96. The Bertz CT molecular complexity index is 757. The number of carboxylic acids is 1. The van der Waals surface area contributed by atoms with Gasteiger partial charge in [0.25, 0.3) is 0 Å². The Labute approximate surface area is 94.5 Å². The van der Waals surface area contributed by atoms with Gasteiger partial charge in [0.15, 0.2) is 5.69 Å². The van der Waals surface area contributed by atoms with Gasteiger partial charge in [-0.05, 0) is 19.1 Å². The summed E-state index contributed by atoms with van der Waals surface area (Å²) in [4.78, 5) is 18.2. The van der Waals surface area contributed by atoms with Crippen LogP contribution in [0.3, 0.4) is 0 Å². The molecule has 1 aromatic carbocycles. The normalized spacial score (nSPS) is 11.4. The maximum absolute atomic E-state index is 13.0. The van der Waals surface area contributed by atoms with Gasteiger partial charge >= 0.3 is 5.97 Å². The third-order valence-corrected chi connectivity index (χ3v) is 2.70. The van der Waals surface area contributed by atoms with Crippen LogP contribution < -0.4 is 0 Å². The fourth-order valence-corrected chi connectivity index (χ4v) is 2.01. The Morgan fingerprint density at radius 1 is 1.53 bits per heavy atom. The molecule has 0 radical (unpaired) electrons. The van der Waals surface area contributed by atoms with Crippen molar-refractivity contribution in [2.24, 2.45) is 0 Å². The lowest BCUT2D eigenvalue weighted by atomic mass is 10.3. The molecule has 2 N–H and O–H groups in total. The van der Waals surface area contributed by atoms with Crippen LogP contribution >= 0.6 is 0 Å². The first-order chi connectivity index (χ1) is 8.08. The fraction of sp³-hybridized carbons (Fsp3) is 0.0909. The number of aromatic carboxylic acids is 1. The van der Waals surface area contributed by atoms with E-state index in [1.165, 1.54) is 22.6 Å². The van der Waals surface area contributed by atoms with Crippen LogP contribution in [-0.4, -0.2) is 25.4 Å². The van der Waals surface area contributed by atoms with Gasteiger partial charge < -0.3 is 10.1 Å². The summed E-state index contributed by atoms with van der Waals surface area (Å²) in [5.74, 6) is -1.04. The topological polar surface area (TPSA) is 70.4 Å². The SMILES string of the molecule is Cc1[nH]c2nc3cc(F)ccc3n2c1C(=O)O. The Kier molecular flexibility index (Phi) is 1.77. The van der Waals surface area contributed by atoms with Gasteiger partial charge in [0.1, 0.15) is 5.82 Å². The molecular formula is C11H8FN3O2. The number of halogens is 1. The number of benzene rings is 1. The molecule has 5 nitrogen and oxygen atoms in total.